The molecule has 0 bridgehead atoms. The van der Waals surface area contributed by atoms with Gasteiger partial charge in [-0.1, -0.05) is 38.5 Å². The van der Waals surface area contributed by atoms with Crippen LogP contribution in [0.5, 0.6) is 0 Å². The molecule has 3 heteroatoms. The molecule has 2 heterocycles. The number of para-hydroxylation sites is 1. The highest BCUT2D eigenvalue weighted by Crippen LogP contribution is 2.25. The maximum atomic E-state index is 4.79. The second kappa shape index (κ2) is 5.61. The van der Waals surface area contributed by atoms with Gasteiger partial charge >= 0.3 is 0 Å². The van der Waals surface area contributed by atoms with Crippen LogP contribution in [0.2, 0.25) is 0 Å². The van der Waals surface area contributed by atoms with Gasteiger partial charge in [-0.15, -0.1) is 0 Å². The number of fused-ring (bicyclic) bond motifs is 3. The summed E-state index contributed by atoms with van der Waals surface area (Å²) in [6.07, 6.45) is 6.16. The third kappa shape index (κ3) is 2.17. The number of aryl methyl sites for hydroxylation is 2. The van der Waals surface area contributed by atoms with E-state index in [2.05, 4.69) is 41.6 Å². The van der Waals surface area contributed by atoms with Crippen molar-refractivity contribution in [3.05, 3.63) is 43.2 Å². The Morgan fingerprint density at radius 2 is 2.05 bits per heavy atom. The summed E-state index contributed by atoms with van der Waals surface area (Å²) in [5.74, 6) is 1.17. The lowest BCUT2D eigenvalue weighted by Crippen LogP contribution is -2.03. The highest BCUT2D eigenvalue weighted by Gasteiger charge is 2.13. The molecule has 3 nitrogen and oxygen atoms in total. The minimum absolute atomic E-state index is 0.876. The zero-order chi connectivity index (χ0) is 13.9. The lowest BCUT2D eigenvalue weighted by atomic mass is 10.2. The minimum atomic E-state index is 0.876. The molecule has 3 aromatic rings. The summed E-state index contributed by atoms with van der Waals surface area (Å²) in [5, 5.41) is 1.19. The summed E-state index contributed by atoms with van der Waals surface area (Å²) in [7, 11) is 0. The monoisotopic (exact) mass is 266 g/mol. The Kier molecular flexibility index (Phi) is 3.68. The molecule has 0 aliphatic carbocycles. The van der Waals surface area contributed by atoms with E-state index < -0.39 is 0 Å². The van der Waals surface area contributed by atoms with Crippen LogP contribution in [-0.4, -0.2) is 14.5 Å². The number of nitrogens with zero attached hydrogens (tertiary/aromatic N) is 3. The summed E-state index contributed by atoms with van der Waals surface area (Å²) < 4.78 is 2.34. The predicted molar refractivity (Wildman–Crippen MR) is 83.6 cm³/mol. The van der Waals surface area contributed by atoms with Crippen LogP contribution in [0.15, 0.2) is 30.5 Å². The van der Waals surface area contributed by atoms with E-state index in [4.69, 9.17) is 4.98 Å². The number of aromatic nitrogens is 3. The van der Waals surface area contributed by atoms with Crippen molar-refractivity contribution in [3.8, 4) is 0 Å². The molecule has 3 rings (SSSR count). The molecule has 0 aliphatic rings. The first-order chi connectivity index (χ1) is 9.85. The summed E-state index contributed by atoms with van der Waals surface area (Å²) in [6, 6.07) is 8.29. The van der Waals surface area contributed by atoms with Crippen molar-refractivity contribution >= 4 is 21.9 Å². The van der Waals surface area contributed by atoms with Gasteiger partial charge in [-0.25, -0.2) is 4.98 Å². The molecule has 103 valence electrons. The van der Waals surface area contributed by atoms with Gasteiger partial charge in [0.25, 0.3) is 0 Å². The second-order valence-corrected chi connectivity index (χ2v) is 5.15. The van der Waals surface area contributed by atoms with Gasteiger partial charge in [-0.2, -0.15) is 0 Å². The average Bonchev–Trinajstić information content (AvgIpc) is 2.84. The van der Waals surface area contributed by atoms with E-state index in [-0.39, 0.29) is 0 Å². The first-order valence-electron chi connectivity index (χ1n) is 7.37. The molecule has 0 saturated heterocycles. The van der Waals surface area contributed by atoms with Crippen molar-refractivity contribution < 1.29 is 0 Å². The molecule has 0 unspecified atom stereocenters. The largest absolute Gasteiger partial charge is 0.327 e. The van der Waals surface area contributed by atoms with E-state index in [1.807, 2.05) is 12.3 Å². The van der Waals surface area contributed by atoms with E-state index in [0.29, 0.717) is 0 Å². The van der Waals surface area contributed by atoms with Gasteiger partial charge in [-0.3, -0.25) is 4.98 Å². The van der Waals surface area contributed by atoms with Gasteiger partial charge in [-0.05, 0) is 18.9 Å². The molecule has 0 saturated carbocycles. The van der Waals surface area contributed by atoms with Crippen LogP contribution in [0.1, 0.15) is 32.0 Å². The summed E-state index contributed by atoms with van der Waals surface area (Å²) in [5.41, 5.74) is 3.25. The quantitative estimate of drug-likeness (QED) is 0.694. The SMILES string of the molecule is [CH2]CCn1c(CCCC)nc2cnc3ccccc3c21. The fraction of sp³-hybridized carbons (Fsp3) is 0.353. The molecule has 0 spiro atoms. The summed E-state index contributed by atoms with van der Waals surface area (Å²) >= 11 is 0. The van der Waals surface area contributed by atoms with E-state index in [9.17, 15) is 0 Å². The normalized spacial score (nSPS) is 11.5. The van der Waals surface area contributed by atoms with E-state index in [1.54, 1.807) is 0 Å². The number of hydrogen-bond donors (Lipinski definition) is 0. The Morgan fingerprint density at radius 1 is 1.20 bits per heavy atom. The highest BCUT2D eigenvalue weighted by molar-refractivity contribution is 6.02. The zero-order valence-corrected chi connectivity index (χ0v) is 12.0. The first-order valence-corrected chi connectivity index (χ1v) is 7.37. The van der Waals surface area contributed by atoms with Gasteiger partial charge in [0.05, 0.1) is 17.2 Å². The topological polar surface area (TPSA) is 30.7 Å². The third-order valence-electron chi connectivity index (χ3n) is 3.69. The standard InChI is InChI=1S/C17H20N3/c1-3-5-10-16-19-15-12-18-14-9-7-6-8-13(14)17(15)20(16)11-4-2/h6-9,12H,2-5,10-11H2,1H3. The highest BCUT2D eigenvalue weighted by atomic mass is 15.1. The fourth-order valence-corrected chi connectivity index (χ4v) is 2.73. The number of pyridine rings is 1. The molecular formula is C17H20N3. The molecule has 0 fully saturated rings. The molecule has 1 aromatic carbocycles. The molecular weight excluding hydrogens is 246 g/mol. The van der Waals surface area contributed by atoms with Crippen LogP contribution >= 0.6 is 0 Å². The van der Waals surface area contributed by atoms with Gasteiger partial charge < -0.3 is 4.57 Å². The lowest BCUT2D eigenvalue weighted by Gasteiger charge is -2.08. The van der Waals surface area contributed by atoms with Crippen molar-refractivity contribution in [1.82, 2.24) is 14.5 Å². The van der Waals surface area contributed by atoms with Crippen LogP contribution in [0.3, 0.4) is 0 Å². The second-order valence-electron chi connectivity index (χ2n) is 5.15. The van der Waals surface area contributed by atoms with Crippen LogP contribution in [0.25, 0.3) is 21.9 Å². The number of unbranched alkanes of at least 4 members (excludes halogenated alkanes) is 1. The van der Waals surface area contributed by atoms with E-state index in [0.717, 1.165) is 30.4 Å². The van der Waals surface area contributed by atoms with Gasteiger partial charge in [0.1, 0.15) is 11.3 Å². The van der Waals surface area contributed by atoms with Crippen LogP contribution < -0.4 is 0 Å². The van der Waals surface area contributed by atoms with Crippen LogP contribution in [0, 0.1) is 6.92 Å². The lowest BCUT2D eigenvalue weighted by molar-refractivity contribution is 0.651. The Balaban J connectivity index is 2.26. The number of benzene rings is 1. The zero-order valence-electron chi connectivity index (χ0n) is 12.0. The number of rotatable bonds is 5. The molecule has 0 atom stereocenters. The minimum Gasteiger partial charge on any atom is -0.327 e. The van der Waals surface area contributed by atoms with E-state index in [1.165, 1.54) is 29.6 Å². The van der Waals surface area contributed by atoms with E-state index >= 15 is 0 Å². The predicted octanol–water partition coefficient (Wildman–Crippen LogP) is 4.15. The maximum Gasteiger partial charge on any atom is 0.109 e. The van der Waals surface area contributed by atoms with Crippen molar-refractivity contribution in [2.24, 2.45) is 0 Å². The van der Waals surface area contributed by atoms with Crippen molar-refractivity contribution in [2.75, 3.05) is 0 Å². The van der Waals surface area contributed by atoms with Crippen LogP contribution in [0.4, 0.5) is 0 Å². The smallest absolute Gasteiger partial charge is 0.109 e. The molecule has 2 aromatic heterocycles. The average molecular weight is 266 g/mol. The molecule has 0 amide bonds. The Morgan fingerprint density at radius 3 is 2.85 bits per heavy atom. The maximum absolute atomic E-state index is 4.79. The van der Waals surface area contributed by atoms with Gasteiger partial charge in [0.15, 0.2) is 0 Å². The van der Waals surface area contributed by atoms with Crippen molar-refractivity contribution in [3.63, 3.8) is 0 Å². The van der Waals surface area contributed by atoms with Crippen LogP contribution in [-0.2, 0) is 13.0 Å². The Bertz CT molecular complexity index is 728. The summed E-state index contributed by atoms with van der Waals surface area (Å²) in [4.78, 5) is 9.30. The van der Waals surface area contributed by atoms with Crippen molar-refractivity contribution in [2.45, 2.75) is 39.2 Å². The molecule has 1 radical (unpaired) electrons. The number of imidazole rings is 1. The molecule has 0 N–H and O–H groups in total. The molecule has 0 aliphatic heterocycles. The van der Waals surface area contributed by atoms with Gasteiger partial charge in [0, 0.05) is 18.4 Å². The van der Waals surface area contributed by atoms with Gasteiger partial charge in [0.2, 0.25) is 0 Å². The Labute approximate surface area is 119 Å². The van der Waals surface area contributed by atoms with Crippen molar-refractivity contribution in [1.29, 1.82) is 0 Å². The first kappa shape index (κ1) is 13.1. The fourth-order valence-electron chi connectivity index (χ4n) is 2.73. The third-order valence-corrected chi connectivity index (χ3v) is 3.69. The Hall–Kier alpha value is -1.90. The molecule has 20 heavy (non-hydrogen) atoms. The number of hydrogen-bond acceptors (Lipinski definition) is 2. The summed E-state index contributed by atoms with van der Waals surface area (Å²) in [6.45, 7) is 7.14.